The number of methoxy groups -OCH3 is 1. The fourth-order valence-electron chi connectivity index (χ4n) is 2.67. The Morgan fingerprint density at radius 1 is 1.03 bits per heavy atom. The van der Waals surface area contributed by atoms with Crippen LogP contribution < -0.4 is 9.88 Å². The Bertz CT molecular complexity index is 1020. The lowest BCUT2D eigenvalue weighted by atomic mass is 9.86. The van der Waals surface area contributed by atoms with E-state index in [4.69, 9.17) is 14.6 Å². The van der Waals surface area contributed by atoms with Gasteiger partial charge >= 0.3 is 5.97 Å². The minimum atomic E-state index is -4.02. The highest BCUT2D eigenvalue weighted by molar-refractivity contribution is 7.89. The van der Waals surface area contributed by atoms with Crippen LogP contribution in [-0.2, 0) is 20.2 Å². The zero-order valence-corrected chi connectivity index (χ0v) is 17.9. The number of esters is 1. The predicted molar refractivity (Wildman–Crippen MR) is 109 cm³/mol. The first kappa shape index (κ1) is 22.6. The molecule has 0 spiro atoms. The Balaban J connectivity index is 2.23. The highest BCUT2D eigenvalue weighted by atomic mass is 32.2. The van der Waals surface area contributed by atoms with E-state index in [1.54, 1.807) is 12.1 Å². The predicted octanol–water partition coefficient (Wildman–Crippen LogP) is 3.07. The van der Waals surface area contributed by atoms with Crippen LogP contribution in [0.5, 0.6) is 5.75 Å². The normalized spacial score (nSPS) is 12.9. The van der Waals surface area contributed by atoms with Gasteiger partial charge in [-0.05, 0) is 36.1 Å². The summed E-state index contributed by atoms with van der Waals surface area (Å²) in [6.07, 6.45) is -1.08. The van der Waals surface area contributed by atoms with Gasteiger partial charge in [-0.3, -0.25) is 4.79 Å². The van der Waals surface area contributed by atoms with Gasteiger partial charge in [0.1, 0.15) is 11.3 Å². The molecule has 0 amide bonds. The van der Waals surface area contributed by atoms with Crippen LogP contribution in [0.3, 0.4) is 0 Å². The van der Waals surface area contributed by atoms with E-state index >= 15 is 0 Å². The van der Waals surface area contributed by atoms with Gasteiger partial charge in [-0.1, -0.05) is 45.0 Å². The molecule has 0 unspecified atom stereocenters. The minimum Gasteiger partial charge on any atom is -0.496 e. The Hall–Kier alpha value is -2.71. The number of benzene rings is 2. The van der Waals surface area contributed by atoms with Crippen LogP contribution >= 0.6 is 0 Å². The van der Waals surface area contributed by atoms with Crippen molar-refractivity contribution in [3.8, 4) is 5.75 Å². The second-order valence-electron chi connectivity index (χ2n) is 7.65. The molecule has 0 aromatic heterocycles. The molecule has 0 saturated heterocycles. The molecule has 29 heavy (non-hydrogen) atoms. The smallest absolute Gasteiger partial charge is 0.342 e. The van der Waals surface area contributed by atoms with Gasteiger partial charge in [0.15, 0.2) is 6.10 Å². The van der Waals surface area contributed by atoms with Crippen LogP contribution in [0.4, 0.5) is 0 Å². The van der Waals surface area contributed by atoms with E-state index in [0.717, 1.165) is 11.6 Å². The van der Waals surface area contributed by atoms with Gasteiger partial charge in [0, 0.05) is 5.56 Å². The Morgan fingerprint density at radius 2 is 1.62 bits per heavy atom. The third-order valence-electron chi connectivity index (χ3n) is 4.41. The summed E-state index contributed by atoms with van der Waals surface area (Å²) in [5.41, 5.74) is 1.29. The fraction of sp³-hybridized carbons (Fsp3) is 0.333. The van der Waals surface area contributed by atoms with E-state index in [-0.39, 0.29) is 27.4 Å². The number of ether oxygens (including phenoxy) is 2. The summed E-state index contributed by atoms with van der Waals surface area (Å²) in [6, 6.07) is 10.7. The molecule has 0 aliphatic rings. The maximum Gasteiger partial charge on any atom is 0.342 e. The standard InChI is InChI=1S/C21H25NO6S/c1-13(19(23)14-6-8-15(9-7-14)21(2,3)4)28-20(24)17-12-16(29(22,25)26)10-11-18(17)27-5/h6-13H,1-5H3,(H2,22,25,26)/t13-/m1/s1. The molecule has 2 rings (SSSR count). The SMILES string of the molecule is COc1ccc(S(N)(=O)=O)cc1C(=O)O[C@H](C)C(=O)c1ccc(C(C)(C)C)cc1. The summed E-state index contributed by atoms with van der Waals surface area (Å²) in [5.74, 6) is -1.16. The lowest BCUT2D eigenvalue weighted by Crippen LogP contribution is -2.25. The zero-order chi connectivity index (χ0) is 22.0. The zero-order valence-electron chi connectivity index (χ0n) is 17.1. The van der Waals surface area contributed by atoms with Crippen LogP contribution in [-0.4, -0.2) is 33.4 Å². The summed E-state index contributed by atoms with van der Waals surface area (Å²) in [7, 11) is -2.69. The highest BCUT2D eigenvalue weighted by Crippen LogP contribution is 2.25. The number of rotatable bonds is 6. The molecule has 2 N–H and O–H groups in total. The van der Waals surface area contributed by atoms with E-state index in [9.17, 15) is 18.0 Å². The van der Waals surface area contributed by atoms with Crippen molar-refractivity contribution in [1.29, 1.82) is 0 Å². The minimum absolute atomic E-state index is 0.0510. The van der Waals surface area contributed by atoms with Crippen LogP contribution in [0.1, 0.15) is 54.0 Å². The molecule has 7 nitrogen and oxygen atoms in total. The topological polar surface area (TPSA) is 113 Å². The molecule has 2 aromatic rings. The molecule has 0 saturated carbocycles. The third-order valence-corrected chi connectivity index (χ3v) is 5.32. The molecule has 2 aromatic carbocycles. The highest BCUT2D eigenvalue weighted by Gasteiger charge is 2.24. The van der Waals surface area contributed by atoms with Crippen LogP contribution in [0.2, 0.25) is 0 Å². The number of ketones is 1. The van der Waals surface area contributed by atoms with Gasteiger partial charge in [0.25, 0.3) is 0 Å². The summed E-state index contributed by atoms with van der Waals surface area (Å²) >= 11 is 0. The molecule has 1 atom stereocenters. The largest absolute Gasteiger partial charge is 0.496 e. The molecule has 0 fully saturated rings. The molecule has 0 aliphatic heterocycles. The average molecular weight is 419 g/mol. The van der Waals surface area contributed by atoms with E-state index in [2.05, 4.69) is 20.8 Å². The third kappa shape index (κ3) is 5.42. The van der Waals surface area contributed by atoms with E-state index in [0.29, 0.717) is 5.56 Å². The van der Waals surface area contributed by atoms with Gasteiger partial charge < -0.3 is 9.47 Å². The van der Waals surface area contributed by atoms with Gasteiger partial charge in [-0.2, -0.15) is 0 Å². The number of nitrogens with two attached hydrogens (primary N) is 1. The molecule has 8 heteroatoms. The maximum absolute atomic E-state index is 12.6. The molecule has 156 valence electrons. The summed E-state index contributed by atoms with van der Waals surface area (Å²) in [4.78, 5) is 24.9. The van der Waals surface area contributed by atoms with Gasteiger partial charge in [0.05, 0.1) is 12.0 Å². The first-order valence-corrected chi connectivity index (χ1v) is 10.5. The lowest BCUT2D eigenvalue weighted by molar-refractivity contribution is 0.0315. The van der Waals surface area contributed by atoms with Crippen LogP contribution in [0, 0.1) is 0 Å². The molecule has 0 radical (unpaired) electrons. The van der Waals surface area contributed by atoms with E-state index in [1.165, 1.54) is 26.2 Å². The van der Waals surface area contributed by atoms with Crippen LogP contribution in [0.15, 0.2) is 47.4 Å². The second kappa shape index (κ2) is 8.34. The Kier molecular flexibility index (Phi) is 6.50. The maximum atomic E-state index is 12.6. The Morgan fingerprint density at radius 3 is 2.10 bits per heavy atom. The van der Waals surface area contributed by atoms with Crippen molar-refractivity contribution in [2.24, 2.45) is 5.14 Å². The summed E-state index contributed by atoms with van der Waals surface area (Å²) in [5, 5.41) is 5.11. The molecule has 0 heterocycles. The van der Waals surface area contributed by atoms with Crippen molar-refractivity contribution < 1.29 is 27.5 Å². The monoisotopic (exact) mass is 419 g/mol. The number of carbonyl (C=O) groups is 2. The van der Waals surface area contributed by atoms with Crippen molar-refractivity contribution >= 4 is 21.8 Å². The van der Waals surface area contributed by atoms with Crippen molar-refractivity contribution in [2.45, 2.75) is 44.1 Å². The second-order valence-corrected chi connectivity index (χ2v) is 9.21. The molecular formula is C21H25NO6S. The molecule has 0 bridgehead atoms. The summed E-state index contributed by atoms with van der Waals surface area (Å²) in [6.45, 7) is 7.65. The van der Waals surface area contributed by atoms with Gasteiger partial charge in [-0.25, -0.2) is 18.4 Å². The average Bonchev–Trinajstić information content (AvgIpc) is 2.65. The lowest BCUT2D eigenvalue weighted by Gasteiger charge is -2.19. The molecular weight excluding hydrogens is 394 g/mol. The van der Waals surface area contributed by atoms with Crippen LogP contribution in [0.25, 0.3) is 0 Å². The first-order valence-electron chi connectivity index (χ1n) is 8.91. The number of sulfonamides is 1. The first-order chi connectivity index (χ1) is 13.3. The number of hydrogen-bond donors (Lipinski definition) is 1. The van der Waals surface area contributed by atoms with Gasteiger partial charge in [0.2, 0.25) is 15.8 Å². The van der Waals surface area contributed by atoms with Crippen molar-refractivity contribution in [3.63, 3.8) is 0 Å². The summed E-state index contributed by atoms with van der Waals surface area (Å²) < 4.78 is 33.4. The quantitative estimate of drug-likeness (QED) is 0.569. The van der Waals surface area contributed by atoms with Crippen molar-refractivity contribution in [3.05, 3.63) is 59.2 Å². The van der Waals surface area contributed by atoms with E-state index in [1.807, 2.05) is 12.1 Å². The van der Waals surface area contributed by atoms with Crippen molar-refractivity contribution in [1.82, 2.24) is 0 Å². The number of hydrogen-bond acceptors (Lipinski definition) is 6. The number of primary sulfonamides is 1. The number of Topliss-reactive ketones (excluding diaryl/α,β-unsaturated/α-hetero) is 1. The van der Waals surface area contributed by atoms with E-state index < -0.39 is 22.1 Å². The molecule has 0 aliphatic carbocycles. The number of carbonyl (C=O) groups excluding carboxylic acids is 2. The fourth-order valence-corrected chi connectivity index (χ4v) is 3.21. The Labute approximate surface area is 170 Å². The van der Waals surface area contributed by atoms with Gasteiger partial charge in [-0.15, -0.1) is 0 Å². The van der Waals surface area contributed by atoms with Crippen molar-refractivity contribution in [2.75, 3.05) is 7.11 Å².